The van der Waals surface area contributed by atoms with Gasteiger partial charge in [0.25, 0.3) is 15.9 Å². The van der Waals surface area contributed by atoms with Crippen LogP contribution in [-0.2, 0) is 14.8 Å². The Morgan fingerprint density at radius 2 is 1.66 bits per heavy atom. The number of sulfonamides is 1. The summed E-state index contributed by atoms with van der Waals surface area (Å²) >= 11 is 0. The van der Waals surface area contributed by atoms with Crippen molar-refractivity contribution in [2.75, 3.05) is 0 Å². The lowest BCUT2D eigenvalue weighted by molar-refractivity contribution is -0.114. The van der Waals surface area contributed by atoms with E-state index in [1.54, 1.807) is 30.3 Å². The van der Waals surface area contributed by atoms with Gasteiger partial charge in [-0.25, -0.2) is 13.1 Å². The SMILES string of the molecule is CCCCC/C=C/C/C=C(\C(=O)NS(=O)(=O)c1ccc(C)cc1)c1ccccc1. The quantitative estimate of drug-likeness (QED) is 0.323. The zero-order valence-corrected chi connectivity index (χ0v) is 17.9. The summed E-state index contributed by atoms with van der Waals surface area (Å²) in [6, 6.07) is 15.5. The minimum atomic E-state index is -3.93. The predicted octanol–water partition coefficient (Wildman–Crippen LogP) is 5.41. The Morgan fingerprint density at radius 3 is 2.31 bits per heavy atom. The minimum absolute atomic E-state index is 0.0691. The molecule has 0 radical (unpaired) electrons. The molecule has 0 aliphatic heterocycles. The van der Waals surface area contributed by atoms with Crippen LogP contribution >= 0.6 is 0 Å². The van der Waals surface area contributed by atoms with Gasteiger partial charge in [0, 0.05) is 5.57 Å². The van der Waals surface area contributed by atoms with Crippen LogP contribution in [0, 0.1) is 6.92 Å². The molecule has 0 unspecified atom stereocenters. The first-order chi connectivity index (χ1) is 13.9. The molecule has 0 bridgehead atoms. The number of amides is 1. The molecular formula is C24H29NO3S. The highest BCUT2D eigenvalue weighted by molar-refractivity contribution is 7.90. The number of nitrogens with one attached hydrogen (secondary N) is 1. The van der Waals surface area contributed by atoms with Crippen LogP contribution in [0.5, 0.6) is 0 Å². The highest BCUT2D eigenvalue weighted by Gasteiger charge is 2.20. The minimum Gasteiger partial charge on any atom is -0.268 e. The van der Waals surface area contributed by atoms with E-state index in [1.807, 2.05) is 31.2 Å². The van der Waals surface area contributed by atoms with Crippen LogP contribution in [0.3, 0.4) is 0 Å². The van der Waals surface area contributed by atoms with Gasteiger partial charge in [-0.15, -0.1) is 0 Å². The van der Waals surface area contributed by atoms with Gasteiger partial charge in [0.05, 0.1) is 4.90 Å². The van der Waals surface area contributed by atoms with E-state index in [-0.39, 0.29) is 4.90 Å². The third-order valence-corrected chi connectivity index (χ3v) is 5.83. The Morgan fingerprint density at radius 1 is 0.966 bits per heavy atom. The second-order valence-electron chi connectivity index (χ2n) is 6.93. The Bertz CT molecular complexity index is 943. The molecule has 0 spiro atoms. The summed E-state index contributed by atoms with van der Waals surface area (Å²) in [6.07, 6.45) is 11.0. The molecule has 0 fully saturated rings. The number of unbranched alkanes of at least 4 members (excludes halogenated alkanes) is 3. The van der Waals surface area contributed by atoms with Crippen LogP contribution in [-0.4, -0.2) is 14.3 Å². The van der Waals surface area contributed by atoms with Crippen molar-refractivity contribution in [3.8, 4) is 0 Å². The summed E-state index contributed by atoms with van der Waals surface area (Å²) < 4.78 is 27.4. The summed E-state index contributed by atoms with van der Waals surface area (Å²) in [5, 5.41) is 0. The van der Waals surface area contributed by atoms with Crippen molar-refractivity contribution in [3.63, 3.8) is 0 Å². The number of aryl methyl sites for hydroxylation is 1. The maximum Gasteiger partial charge on any atom is 0.265 e. The number of hydrogen-bond acceptors (Lipinski definition) is 3. The Balaban J connectivity index is 2.16. The van der Waals surface area contributed by atoms with Gasteiger partial charge in [-0.1, -0.05) is 86.0 Å². The topological polar surface area (TPSA) is 63.2 Å². The fourth-order valence-electron chi connectivity index (χ4n) is 2.82. The zero-order chi connectivity index (χ0) is 21.1. The van der Waals surface area contributed by atoms with Crippen LogP contribution in [0.2, 0.25) is 0 Å². The third kappa shape index (κ3) is 7.35. The van der Waals surface area contributed by atoms with Gasteiger partial charge in [-0.3, -0.25) is 4.79 Å². The largest absolute Gasteiger partial charge is 0.268 e. The molecule has 4 nitrogen and oxygen atoms in total. The molecule has 5 heteroatoms. The molecule has 29 heavy (non-hydrogen) atoms. The first kappa shape index (κ1) is 22.6. The van der Waals surface area contributed by atoms with Gasteiger partial charge < -0.3 is 0 Å². The van der Waals surface area contributed by atoms with Crippen LogP contribution in [0.25, 0.3) is 5.57 Å². The average Bonchev–Trinajstić information content (AvgIpc) is 2.70. The molecule has 0 saturated heterocycles. The third-order valence-electron chi connectivity index (χ3n) is 4.49. The molecule has 0 heterocycles. The number of rotatable bonds is 10. The van der Waals surface area contributed by atoms with Crippen LogP contribution < -0.4 is 4.72 Å². The molecule has 0 aromatic heterocycles. The van der Waals surface area contributed by atoms with E-state index >= 15 is 0 Å². The van der Waals surface area contributed by atoms with Crippen molar-refractivity contribution in [2.45, 2.75) is 50.8 Å². The van der Waals surface area contributed by atoms with E-state index in [9.17, 15) is 13.2 Å². The maximum atomic E-state index is 12.8. The molecule has 0 aliphatic rings. The Labute approximate surface area is 174 Å². The fourth-order valence-corrected chi connectivity index (χ4v) is 3.79. The molecule has 2 aromatic rings. The van der Waals surface area contributed by atoms with E-state index in [1.165, 1.54) is 25.0 Å². The predicted molar refractivity (Wildman–Crippen MR) is 119 cm³/mol. The summed E-state index contributed by atoms with van der Waals surface area (Å²) in [7, 11) is -3.93. The van der Waals surface area contributed by atoms with Gasteiger partial charge in [-0.2, -0.15) is 0 Å². The highest BCUT2D eigenvalue weighted by atomic mass is 32.2. The van der Waals surface area contributed by atoms with Crippen molar-refractivity contribution >= 4 is 21.5 Å². The summed E-state index contributed by atoms with van der Waals surface area (Å²) in [4.78, 5) is 12.9. The maximum absolute atomic E-state index is 12.8. The van der Waals surface area contributed by atoms with Crippen molar-refractivity contribution in [3.05, 3.63) is 84.0 Å². The lowest BCUT2D eigenvalue weighted by Crippen LogP contribution is -2.31. The number of carbonyl (C=O) groups excluding carboxylic acids is 1. The second kappa shape index (κ2) is 11.4. The van der Waals surface area contributed by atoms with Crippen molar-refractivity contribution in [1.29, 1.82) is 0 Å². The van der Waals surface area contributed by atoms with Crippen LogP contribution in [0.15, 0.2) is 77.7 Å². The molecule has 154 valence electrons. The summed E-state index contributed by atoms with van der Waals surface area (Å²) in [6.45, 7) is 4.04. The van der Waals surface area contributed by atoms with Crippen LogP contribution in [0.1, 0.15) is 50.2 Å². The van der Waals surface area contributed by atoms with E-state index in [0.717, 1.165) is 18.4 Å². The van der Waals surface area contributed by atoms with Gasteiger partial charge >= 0.3 is 0 Å². The zero-order valence-electron chi connectivity index (χ0n) is 17.1. The van der Waals surface area contributed by atoms with Gasteiger partial charge in [0.1, 0.15) is 0 Å². The Kier molecular flexibility index (Phi) is 8.87. The molecule has 2 aromatic carbocycles. The second-order valence-corrected chi connectivity index (χ2v) is 8.62. The molecule has 0 saturated carbocycles. The van der Waals surface area contributed by atoms with E-state index in [4.69, 9.17) is 0 Å². The smallest absolute Gasteiger partial charge is 0.265 e. The molecule has 0 aliphatic carbocycles. The standard InChI is InChI=1S/C24H29NO3S/c1-3-4-5-6-7-8-12-15-23(21-13-10-9-11-14-21)24(26)25-29(27,28)22-18-16-20(2)17-19-22/h7-11,13-19H,3-6,12H2,1-2H3,(H,25,26)/b8-7+,23-15-. The van der Waals surface area contributed by atoms with Crippen molar-refractivity contribution < 1.29 is 13.2 Å². The number of benzene rings is 2. The molecule has 0 atom stereocenters. The average molecular weight is 412 g/mol. The normalized spacial score (nSPS) is 12.3. The lowest BCUT2D eigenvalue weighted by Gasteiger charge is -2.10. The lowest BCUT2D eigenvalue weighted by atomic mass is 10.0. The van der Waals surface area contributed by atoms with Crippen molar-refractivity contribution in [2.24, 2.45) is 0 Å². The molecule has 1 N–H and O–H groups in total. The van der Waals surface area contributed by atoms with Gasteiger partial charge in [0.2, 0.25) is 0 Å². The summed E-state index contributed by atoms with van der Waals surface area (Å²) in [5.74, 6) is -0.629. The van der Waals surface area contributed by atoms with Gasteiger partial charge in [-0.05, 0) is 43.9 Å². The monoisotopic (exact) mass is 411 g/mol. The van der Waals surface area contributed by atoms with Crippen molar-refractivity contribution in [1.82, 2.24) is 4.72 Å². The number of allylic oxidation sites excluding steroid dienone is 3. The number of carbonyl (C=O) groups is 1. The number of hydrogen-bond donors (Lipinski definition) is 1. The highest BCUT2D eigenvalue weighted by Crippen LogP contribution is 2.18. The van der Waals surface area contributed by atoms with Crippen LogP contribution in [0.4, 0.5) is 0 Å². The first-order valence-electron chi connectivity index (χ1n) is 9.98. The summed E-state index contributed by atoms with van der Waals surface area (Å²) in [5.41, 5.74) is 1.98. The fraction of sp³-hybridized carbons (Fsp3) is 0.292. The van der Waals surface area contributed by atoms with E-state index in [0.29, 0.717) is 17.6 Å². The van der Waals surface area contributed by atoms with Gasteiger partial charge in [0.15, 0.2) is 0 Å². The molecular weight excluding hydrogens is 382 g/mol. The Hall–Kier alpha value is -2.66. The first-order valence-corrected chi connectivity index (χ1v) is 11.5. The van der Waals surface area contributed by atoms with E-state index < -0.39 is 15.9 Å². The van der Waals surface area contributed by atoms with E-state index in [2.05, 4.69) is 17.7 Å². The molecule has 2 rings (SSSR count). The molecule has 1 amide bonds.